The summed E-state index contributed by atoms with van der Waals surface area (Å²) in [5, 5.41) is 12.4. The molecule has 0 bridgehead atoms. The average Bonchev–Trinajstić information content (AvgIpc) is 2.92. The third-order valence-electron chi connectivity index (χ3n) is 3.28. The average molecular weight is 278 g/mol. The molecular weight excluding hydrogens is 260 g/mol. The van der Waals surface area contributed by atoms with Crippen LogP contribution in [-0.4, -0.2) is 22.0 Å². The molecule has 4 nitrogen and oxygen atoms in total. The molecule has 0 aliphatic rings. The van der Waals surface area contributed by atoms with E-state index in [1.165, 1.54) is 5.56 Å². The summed E-state index contributed by atoms with van der Waals surface area (Å²) in [6, 6.07) is 20.4. The van der Waals surface area contributed by atoms with Gasteiger partial charge in [0.15, 0.2) is 0 Å². The summed E-state index contributed by atoms with van der Waals surface area (Å²) in [5.41, 5.74) is 4.21. The van der Waals surface area contributed by atoms with Crippen LogP contribution in [0.4, 0.5) is 0 Å². The number of nitrogens with one attached hydrogen (secondary N) is 1. The van der Waals surface area contributed by atoms with Crippen LogP contribution in [0.25, 0.3) is 11.3 Å². The summed E-state index contributed by atoms with van der Waals surface area (Å²) in [6.07, 6.45) is 0. The Morgan fingerprint density at radius 3 is 2.24 bits per heavy atom. The van der Waals surface area contributed by atoms with Gasteiger partial charge in [-0.2, -0.15) is 15.0 Å². The molecule has 4 heteroatoms. The smallest absolute Gasteiger partial charge is 0.117 e. The van der Waals surface area contributed by atoms with E-state index in [0.717, 1.165) is 17.0 Å². The van der Waals surface area contributed by atoms with E-state index in [1.54, 1.807) is 4.80 Å². The quantitative estimate of drug-likeness (QED) is 0.780. The summed E-state index contributed by atoms with van der Waals surface area (Å²) in [5.74, 6) is 0. The van der Waals surface area contributed by atoms with Crippen LogP contribution < -0.4 is 5.32 Å². The predicted octanol–water partition coefficient (Wildman–Crippen LogP) is 2.71. The summed E-state index contributed by atoms with van der Waals surface area (Å²) >= 11 is 0. The molecule has 2 aromatic carbocycles. The lowest BCUT2D eigenvalue weighted by Gasteiger charge is -1.99. The molecule has 1 aromatic heterocycles. The van der Waals surface area contributed by atoms with Crippen molar-refractivity contribution in [3.05, 3.63) is 71.9 Å². The number of hydrogen-bond acceptors (Lipinski definition) is 3. The van der Waals surface area contributed by atoms with Crippen molar-refractivity contribution in [1.29, 1.82) is 0 Å². The number of aromatic nitrogens is 3. The highest BCUT2D eigenvalue weighted by atomic mass is 15.5. The van der Waals surface area contributed by atoms with Crippen molar-refractivity contribution < 1.29 is 0 Å². The van der Waals surface area contributed by atoms with Crippen molar-refractivity contribution in [3.63, 3.8) is 0 Å². The lowest BCUT2D eigenvalue weighted by molar-refractivity contribution is 0.582. The van der Waals surface area contributed by atoms with Crippen molar-refractivity contribution in [3.8, 4) is 11.3 Å². The van der Waals surface area contributed by atoms with Gasteiger partial charge in [0.05, 0.1) is 6.54 Å². The fourth-order valence-electron chi connectivity index (χ4n) is 2.31. The van der Waals surface area contributed by atoms with Gasteiger partial charge in [0.25, 0.3) is 0 Å². The number of rotatable bonds is 5. The van der Waals surface area contributed by atoms with Crippen LogP contribution in [-0.2, 0) is 13.1 Å². The highest BCUT2D eigenvalue weighted by molar-refractivity contribution is 5.60. The van der Waals surface area contributed by atoms with Crippen molar-refractivity contribution in [2.75, 3.05) is 7.05 Å². The second kappa shape index (κ2) is 6.33. The summed E-state index contributed by atoms with van der Waals surface area (Å²) < 4.78 is 0. The molecule has 106 valence electrons. The van der Waals surface area contributed by atoms with Crippen molar-refractivity contribution in [2.45, 2.75) is 13.1 Å². The van der Waals surface area contributed by atoms with Gasteiger partial charge in [-0.25, -0.2) is 0 Å². The van der Waals surface area contributed by atoms with Gasteiger partial charge < -0.3 is 5.32 Å². The molecule has 0 fully saturated rings. The fraction of sp³-hybridized carbons (Fsp3) is 0.176. The van der Waals surface area contributed by atoms with E-state index in [9.17, 15) is 0 Å². The Bertz CT molecular complexity index is 689. The van der Waals surface area contributed by atoms with Gasteiger partial charge in [-0.05, 0) is 12.6 Å². The predicted molar refractivity (Wildman–Crippen MR) is 83.8 cm³/mol. The van der Waals surface area contributed by atoms with E-state index in [-0.39, 0.29) is 0 Å². The minimum atomic E-state index is 0.685. The molecule has 0 amide bonds. The van der Waals surface area contributed by atoms with Crippen LogP contribution in [0, 0.1) is 0 Å². The Morgan fingerprint density at radius 2 is 1.57 bits per heavy atom. The molecule has 1 heterocycles. The summed E-state index contributed by atoms with van der Waals surface area (Å²) in [7, 11) is 1.92. The first-order valence-electron chi connectivity index (χ1n) is 7.05. The third-order valence-corrected chi connectivity index (χ3v) is 3.28. The summed E-state index contributed by atoms with van der Waals surface area (Å²) in [4.78, 5) is 1.77. The lowest BCUT2D eigenvalue weighted by Crippen LogP contribution is -2.08. The second-order valence-corrected chi connectivity index (χ2v) is 4.91. The first-order chi connectivity index (χ1) is 10.4. The lowest BCUT2D eigenvalue weighted by atomic mass is 10.1. The number of hydrogen-bond donors (Lipinski definition) is 1. The highest BCUT2D eigenvalue weighted by Crippen LogP contribution is 2.20. The van der Waals surface area contributed by atoms with Crippen LogP contribution in [0.15, 0.2) is 60.7 Å². The fourth-order valence-corrected chi connectivity index (χ4v) is 2.31. The monoisotopic (exact) mass is 278 g/mol. The molecule has 1 N–H and O–H groups in total. The molecule has 3 rings (SSSR count). The van der Waals surface area contributed by atoms with Gasteiger partial charge in [0.2, 0.25) is 0 Å². The maximum absolute atomic E-state index is 4.66. The molecule has 0 atom stereocenters. The van der Waals surface area contributed by atoms with E-state index in [4.69, 9.17) is 0 Å². The van der Waals surface area contributed by atoms with E-state index in [1.807, 2.05) is 43.4 Å². The zero-order valence-electron chi connectivity index (χ0n) is 12.0. The second-order valence-electron chi connectivity index (χ2n) is 4.91. The van der Waals surface area contributed by atoms with E-state index in [2.05, 4.69) is 39.8 Å². The zero-order valence-corrected chi connectivity index (χ0v) is 12.0. The molecule has 3 aromatic rings. The van der Waals surface area contributed by atoms with Crippen molar-refractivity contribution in [2.24, 2.45) is 0 Å². The van der Waals surface area contributed by atoms with E-state index >= 15 is 0 Å². The van der Waals surface area contributed by atoms with Crippen LogP contribution in [0.3, 0.4) is 0 Å². The maximum Gasteiger partial charge on any atom is 0.117 e. The van der Waals surface area contributed by atoms with Gasteiger partial charge in [0.1, 0.15) is 11.4 Å². The molecular formula is C17H18N4. The van der Waals surface area contributed by atoms with E-state index in [0.29, 0.717) is 13.1 Å². The minimum absolute atomic E-state index is 0.685. The largest absolute Gasteiger partial charge is 0.314 e. The first-order valence-corrected chi connectivity index (χ1v) is 7.05. The zero-order chi connectivity index (χ0) is 14.5. The Labute approximate surface area is 124 Å². The van der Waals surface area contributed by atoms with Crippen LogP contribution >= 0.6 is 0 Å². The number of benzene rings is 2. The molecule has 0 saturated heterocycles. The molecule has 0 saturated carbocycles. The Morgan fingerprint density at radius 1 is 0.905 bits per heavy atom. The Kier molecular flexibility index (Phi) is 4.07. The van der Waals surface area contributed by atoms with Crippen LogP contribution in [0.5, 0.6) is 0 Å². The molecule has 0 aliphatic carbocycles. The molecule has 0 unspecified atom stereocenters. The van der Waals surface area contributed by atoms with Crippen molar-refractivity contribution >= 4 is 0 Å². The Balaban J connectivity index is 1.93. The maximum atomic E-state index is 4.66. The molecule has 0 radical (unpaired) electrons. The standard InChI is InChI=1S/C17H18N4/c1-18-12-16-17(15-10-6-3-7-11-15)20-21(19-16)13-14-8-4-2-5-9-14/h2-11,18H,12-13H2,1H3. The normalized spacial score (nSPS) is 10.7. The molecule has 21 heavy (non-hydrogen) atoms. The topological polar surface area (TPSA) is 42.7 Å². The summed E-state index contributed by atoms with van der Waals surface area (Å²) in [6.45, 7) is 1.39. The molecule has 0 spiro atoms. The van der Waals surface area contributed by atoms with Gasteiger partial charge in [-0.1, -0.05) is 60.7 Å². The highest BCUT2D eigenvalue weighted by Gasteiger charge is 2.12. The SMILES string of the molecule is CNCc1nn(Cc2ccccc2)nc1-c1ccccc1. The van der Waals surface area contributed by atoms with E-state index < -0.39 is 0 Å². The third kappa shape index (κ3) is 3.17. The number of nitrogens with zero attached hydrogens (tertiary/aromatic N) is 3. The molecule has 0 aliphatic heterocycles. The van der Waals surface area contributed by atoms with Gasteiger partial charge in [0, 0.05) is 12.1 Å². The Hall–Kier alpha value is -2.46. The van der Waals surface area contributed by atoms with Crippen LogP contribution in [0.2, 0.25) is 0 Å². The first kappa shape index (κ1) is 13.5. The van der Waals surface area contributed by atoms with Crippen molar-refractivity contribution in [1.82, 2.24) is 20.3 Å². The van der Waals surface area contributed by atoms with Gasteiger partial charge in [-0.15, -0.1) is 0 Å². The van der Waals surface area contributed by atoms with Gasteiger partial charge >= 0.3 is 0 Å². The van der Waals surface area contributed by atoms with Crippen LogP contribution in [0.1, 0.15) is 11.3 Å². The minimum Gasteiger partial charge on any atom is -0.314 e. The van der Waals surface area contributed by atoms with Gasteiger partial charge in [-0.3, -0.25) is 0 Å².